The lowest BCUT2D eigenvalue weighted by atomic mass is 10.2. The van der Waals surface area contributed by atoms with Gasteiger partial charge < -0.3 is 4.74 Å². The average Bonchev–Trinajstić information content (AvgIpc) is 2.39. The summed E-state index contributed by atoms with van der Waals surface area (Å²) in [6, 6.07) is 5.28. The summed E-state index contributed by atoms with van der Waals surface area (Å²) in [5.41, 5.74) is 7.99. The molecule has 0 fully saturated rings. The van der Waals surface area contributed by atoms with Crippen molar-refractivity contribution in [2.24, 2.45) is 5.11 Å². The number of nitrogens with zero attached hydrogens (tertiary/aromatic N) is 4. The summed E-state index contributed by atoms with van der Waals surface area (Å²) < 4.78 is 4.99. The third-order valence-corrected chi connectivity index (χ3v) is 2.23. The van der Waals surface area contributed by atoms with Crippen LogP contribution in [0.1, 0.15) is 19.3 Å². The Morgan fingerprint density at radius 1 is 1.37 bits per heavy atom. The summed E-state index contributed by atoms with van der Waals surface area (Å²) in [6.07, 6.45) is 1.38. The van der Waals surface area contributed by atoms with Crippen molar-refractivity contribution in [3.05, 3.63) is 44.8 Å². The van der Waals surface area contributed by atoms with Crippen LogP contribution in [0.2, 0.25) is 0 Å². The molecule has 0 heterocycles. The molecule has 0 saturated carbocycles. The van der Waals surface area contributed by atoms with Crippen LogP contribution < -0.4 is 4.74 Å². The largest absolute Gasteiger partial charge is 0.427 e. The molecule has 0 unspecified atom stereocenters. The van der Waals surface area contributed by atoms with Crippen LogP contribution in [0.5, 0.6) is 5.75 Å². The van der Waals surface area contributed by atoms with Gasteiger partial charge in [-0.25, -0.2) is 0 Å². The van der Waals surface area contributed by atoms with Gasteiger partial charge in [0, 0.05) is 30.0 Å². The lowest BCUT2D eigenvalue weighted by Gasteiger charge is -2.03. The Balaban J connectivity index is 2.35. The van der Waals surface area contributed by atoms with E-state index in [2.05, 4.69) is 10.0 Å². The second-order valence-electron chi connectivity index (χ2n) is 3.64. The molecule has 0 saturated heterocycles. The molecular weight excluding hydrogens is 252 g/mol. The van der Waals surface area contributed by atoms with Crippen LogP contribution in [0.15, 0.2) is 29.4 Å². The summed E-state index contributed by atoms with van der Waals surface area (Å²) >= 11 is 0. The Kier molecular flexibility index (Phi) is 5.84. The van der Waals surface area contributed by atoms with Gasteiger partial charge in [-0.3, -0.25) is 14.9 Å². The minimum atomic E-state index is -0.526. The quantitative estimate of drug-likeness (QED) is 0.110. The van der Waals surface area contributed by atoms with Gasteiger partial charge in [-0.1, -0.05) is 5.11 Å². The van der Waals surface area contributed by atoms with Gasteiger partial charge in [-0.2, -0.15) is 0 Å². The Bertz CT molecular complexity index is 494. The van der Waals surface area contributed by atoms with Crippen LogP contribution >= 0.6 is 0 Å². The first-order chi connectivity index (χ1) is 9.13. The maximum absolute atomic E-state index is 11.4. The molecule has 0 aliphatic rings. The lowest BCUT2D eigenvalue weighted by Crippen LogP contribution is -2.07. The van der Waals surface area contributed by atoms with Gasteiger partial charge in [0.05, 0.1) is 4.92 Å². The topological polar surface area (TPSA) is 118 Å². The number of ether oxygens (including phenoxy) is 1. The van der Waals surface area contributed by atoms with Crippen LogP contribution in [-0.2, 0) is 4.79 Å². The number of carbonyl (C=O) groups is 1. The highest BCUT2D eigenvalue weighted by Gasteiger charge is 2.07. The number of nitro benzene ring substituents is 1. The van der Waals surface area contributed by atoms with Gasteiger partial charge in [-0.15, -0.1) is 0 Å². The molecule has 1 aromatic rings. The van der Waals surface area contributed by atoms with E-state index in [1.165, 1.54) is 24.3 Å². The normalized spacial score (nSPS) is 9.47. The molecule has 100 valence electrons. The second-order valence-corrected chi connectivity index (χ2v) is 3.64. The first-order valence-electron chi connectivity index (χ1n) is 5.59. The van der Waals surface area contributed by atoms with Crippen LogP contribution in [0.3, 0.4) is 0 Å². The monoisotopic (exact) mass is 264 g/mol. The number of hydrogen-bond acceptors (Lipinski definition) is 5. The maximum atomic E-state index is 11.4. The molecule has 0 N–H and O–H groups in total. The van der Waals surface area contributed by atoms with Crippen molar-refractivity contribution in [1.82, 2.24) is 0 Å². The number of esters is 1. The van der Waals surface area contributed by atoms with Crippen LogP contribution in [0.25, 0.3) is 10.4 Å². The van der Waals surface area contributed by atoms with Crippen LogP contribution in [0, 0.1) is 10.1 Å². The number of unbranched alkanes of at least 4 members (excludes halogenated alkanes) is 1. The summed E-state index contributed by atoms with van der Waals surface area (Å²) in [5.74, 6) is -0.152. The third kappa shape index (κ3) is 5.51. The Morgan fingerprint density at radius 2 is 2.05 bits per heavy atom. The van der Waals surface area contributed by atoms with Crippen molar-refractivity contribution in [2.45, 2.75) is 19.3 Å². The molecule has 19 heavy (non-hydrogen) atoms. The molecule has 8 nitrogen and oxygen atoms in total. The van der Waals surface area contributed by atoms with Crippen molar-refractivity contribution in [3.8, 4) is 5.75 Å². The van der Waals surface area contributed by atoms with E-state index >= 15 is 0 Å². The zero-order valence-electron chi connectivity index (χ0n) is 10.1. The Morgan fingerprint density at radius 3 is 2.63 bits per heavy atom. The van der Waals surface area contributed by atoms with Crippen molar-refractivity contribution in [1.29, 1.82) is 0 Å². The zero-order chi connectivity index (χ0) is 14.1. The van der Waals surface area contributed by atoms with E-state index in [1.54, 1.807) is 0 Å². The van der Waals surface area contributed by atoms with Crippen molar-refractivity contribution in [2.75, 3.05) is 6.54 Å². The van der Waals surface area contributed by atoms with Gasteiger partial charge in [0.25, 0.3) is 5.69 Å². The predicted molar refractivity (Wildman–Crippen MR) is 66.6 cm³/mol. The molecule has 0 radical (unpaired) electrons. The van der Waals surface area contributed by atoms with Gasteiger partial charge in [0.15, 0.2) is 0 Å². The SMILES string of the molecule is [N-]=[N+]=NCCCCC(=O)Oc1ccc([N+](=O)[O-])cc1. The highest BCUT2D eigenvalue weighted by atomic mass is 16.6. The number of carbonyl (C=O) groups excluding carboxylic acids is 1. The number of nitro groups is 1. The van der Waals surface area contributed by atoms with Crippen LogP contribution in [-0.4, -0.2) is 17.4 Å². The fraction of sp³-hybridized carbons (Fsp3) is 0.364. The van der Waals surface area contributed by atoms with E-state index in [-0.39, 0.29) is 17.9 Å². The van der Waals surface area contributed by atoms with Gasteiger partial charge >= 0.3 is 5.97 Å². The summed E-state index contributed by atoms with van der Waals surface area (Å²) in [4.78, 5) is 23.9. The average molecular weight is 264 g/mol. The minimum absolute atomic E-state index is 0.0610. The standard InChI is InChI=1S/C11H12N4O4/c12-14-13-8-2-1-3-11(16)19-10-6-4-9(5-7-10)15(17)18/h4-7H,1-3,8H2. The highest BCUT2D eigenvalue weighted by Crippen LogP contribution is 2.17. The molecule has 1 rings (SSSR count). The Hall–Kier alpha value is -2.60. The third-order valence-electron chi connectivity index (χ3n) is 2.23. The number of non-ortho nitro benzene ring substituents is 1. The van der Waals surface area contributed by atoms with E-state index in [0.717, 1.165) is 0 Å². The van der Waals surface area contributed by atoms with E-state index in [1.807, 2.05) is 0 Å². The van der Waals surface area contributed by atoms with Crippen molar-refractivity contribution < 1.29 is 14.5 Å². The molecule has 0 atom stereocenters. The maximum Gasteiger partial charge on any atom is 0.311 e. The first-order valence-corrected chi connectivity index (χ1v) is 5.59. The molecule has 0 spiro atoms. The summed E-state index contributed by atoms with van der Waals surface area (Å²) in [7, 11) is 0. The molecule has 0 aromatic heterocycles. The fourth-order valence-electron chi connectivity index (χ4n) is 1.31. The van der Waals surface area contributed by atoms with E-state index in [4.69, 9.17) is 10.3 Å². The Labute approximate surface area is 108 Å². The number of hydrogen-bond donors (Lipinski definition) is 0. The van der Waals surface area contributed by atoms with Crippen LogP contribution in [0.4, 0.5) is 5.69 Å². The fourth-order valence-corrected chi connectivity index (χ4v) is 1.31. The van der Waals surface area contributed by atoms with Gasteiger partial charge in [0.2, 0.25) is 0 Å². The highest BCUT2D eigenvalue weighted by molar-refractivity contribution is 5.72. The zero-order valence-corrected chi connectivity index (χ0v) is 10.1. The molecule has 1 aromatic carbocycles. The summed E-state index contributed by atoms with van der Waals surface area (Å²) in [5, 5.41) is 13.8. The first kappa shape index (κ1) is 14.5. The van der Waals surface area contributed by atoms with E-state index in [0.29, 0.717) is 19.4 Å². The van der Waals surface area contributed by atoms with Crippen molar-refractivity contribution >= 4 is 11.7 Å². The lowest BCUT2D eigenvalue weighted by molar-refractivity contribution is -0.384. The van der Waals surface area contributed by atoms with Gasteiger partial charge in [-0.05, 0) is 30.5 Å². The molecule has 0 aliphatic heterocycles. The number of rotatable bonds is 7. The molecule has 0 aliphatic carbocycles. The second kappa shape index (κ2) is 7.67. The number of azide groups is 1. The molecule has 8 heteroatoms. The van der Waals surface area contributed by atoms with E-state index < -0.39 is 10.9 Å². The molecule has 0 bridgehead atoms. The smallest absolute Gasteiger partial charge is 0.311 e. The summed E-state index contributed by atoms with van der Waals surface area (Å²) in [6.45, 7) is 0.349. The van der Waals surface area contributed by atoms with Gasteiger partial charge in [0.1, 0.15) is 5.75 Å². The molecular formula is C11H12N4O4. The molecule has 0 amide bonds. The van der Waals surface area contributed by atoms with Crippen molar-refractivity contribution in [3.63, 3.8) is 0 Å². The van der Waals surface area contributed by atoms with E-state index in [9.17, 15) is 14.9 Å². The number of benzene rings is 1. The predicted octanol–water partition coefficient (Wildman–Crippen LogP) is 2.98. The minimum Gasteiger partial charge on any atom is -0.427 e.